The molecule has 0 aliphatic carbocycles. The van der Waals surface area contributed by atoms with Gasteiger partial charge < -0.3 is 9.64 Å². The van der Waals surface area contributed by atoms with Crippen LogP contribution in [0.4, 0.5) is 11.6 Å². The van der Waals surface area contributed by atoms with E-state index in [1.807, 2.05) is 24.3 Å². The van der Waals surface area contributed by atoms with Crippen molar-refractivity contribution < 1.29 is 14.3 Å². The highest BCUT2D eigenvalue weighted by atomic mass is 16.5. The number of rotatable bonds is 3. The Morgan fingerprint density at radius 1 is 1.32 bits per heavy atom. The Bertz CT molecular complexity index is 818. The summed E-state index contributed by atoms with van der Waals surface area (Å²) < 4.78 is 7.36. The summed E-state index contributed by atoms with van der Waals surface area (Å²) in [5.74, 6) is 1.06. The Morgan fingerprint density at radius 3 is 3.04 bits per heavy atom. The molecule has 2 amide bonds. The van der Waals surface area contributed by atoms with Gasteiger partial charge in [0.2, 0.25) is 11.9 Å². The number of amides is 2. The predicted octanol–water partition coefficient (Wildman–Crippen LogP) is 1.22. The number of para-hydroxylation sites is 2. The smallest absolute Gasteiger partial charge is 0.267 e. The molecule has 1 aromatic carbocycles. The molecule has 8 heteroatoms. The first-order valence-corrected chi connectivity index (χ1v) is 8.40. The number of carbonyl (C=O) groups excluding carboxylic acids is 2. The second kappa shape index (κ2) is 6.19. The molecule has 0 saturated heterocycles. The maximum atomic E-state index is 12.7. The summed E-state index contributed by atoms with van der Waals surface area (Å²) in [5, 5.41) is 4.12. The van der Waals surface area contributed by atoms with E-state index in [4.69, 9.17) is 4.74 Å². The molecule has 0 fully saturated rings. The standard InChI is InChI=1S/C17H19N5O3/c1-12-16(24)20(13-5-2-3-6-14(13)25-12)10-7-15(23)21-8-4-9-22-17(21)18-11-19-22/h2-3,5-6,11-12H,4,7-10H2,1H3/t12-/m0/s1. The molecule has 0 saturated carbocycles. The third-order valence-corrected chi connectivity index (χ3v) is 4.51. The molecule has 0 N–H and O–H groups in total. The molecular weight excluding hydrogens is 322 g/mol. The van der Waals surface area contributed by atoms with Crippen molar-refractivity contribution in [2.45, 2.75) is 32.4 Å². The molecule has 2 aliphatic rings. The number of fused-ring (bicyclic) bond motifs is 2. The largest absolute Gasteiger partial charge is 0.479 e. The first-order chi connectivity index (χ1) is 12.1. The molecule has 130 valence electrons. The molecule has 1 atom stereocenters. The number of hydrogen-bond donors (Lipinski definition) is 0. The Balaban J connectivity index is 1.50. The summed E-state index contributed by atoms with van der Waals surface area (Å²) in [4.78, 5) is 32.6. The number of anilines is 2. The van der Waals surface area contributed by atoms with Crippen LogP contribution in [0.2, 0.25) is 0 Å². The molecule has 0 unspecified atom stereocenters. The zero-order chi connectivity index (χ0) is 17.4. The van der Waals surface area contributed by atoms with Gasteiger partial charge in [-0.3, -0.25) is 14.5 Å². The Morgan fingerprint density at radius 2 is 2.16 bits per heavy atom. The molecule has 0 spiro atoms. The second-order valence-electron chi connectivity index (χ2n) is 6.15. The van der Waals surface area contributed by atoms with Gasteiger partial charge in [-0.1, -0.05) is 12.1 Å². The van der Waals surface area contributed by atoms with Crippen molar-refractivity contribution in [2.75, 3.05) is 22.9 Å². The lowest BCUT2D eigenvalue weighted by atomic mass is 10.1. The second-order valence-corrected chi connectivity index (χ2v) is 6.15. The summed E-state index contributed by atoms with van der Waals surface area (Å²) in [6.07, 6.45) is 1.98. The van der Waals surface area contributed by atoms with Gasteiger partial charge in [-0.2, -0.15) is 10.1 Å². The van der Waals surface area contributed by atoms with Crippen molar-refractivity contribution in [2.24, 2.45) is 0 Å². The van der Waals surface area contributed by atoms with E-state index in [0.29, 0.717) is 30.5 Å². The zero-order valence-electron chi connectivity index (χ0n) is 14.0. The van der Waals surface area contributed by atoms with E-state index >= 15 is 0 Å². The molecule has 8 nitrogen and oxygen atoms in total. The highest BCUT2D eigenvalue weighted by Gasteiger charge is 2.32. The van der Waals surface area contributed by atoms with E-state index in [2.05, 4.69) is 10.1 Å². The number of aryl methyl sites for hydroxylation is 1. The van der Waals surface area contributed by atoms with Crippen LogP contribution in [0.1, 0.15) is 19.8 Å². The third kappa shape index (κ3) is 2.73. The van der Waals surface area contributed by atoms with Crippen molar-refractivity contribution in [3.63, 3.8) is 0 Å². The molecule has 3 heterocycles. The number of aromatic nitrogens is 3. The number of nitrogens with zero attached hydrogens (tertiary/aromatic N) is 5. The average molecular weight is 341 g/mol. The lowest BCUT2D eigenvalue weighted by Crippen LogP contribution is -2.46. The fourth-order valence-corrected chi connectivity index (χ4v) is 3.27. The summed E-state index contributed by atoms with van der Waals surface area (Å²) >= 11 is 0. The van der Waals surface area contributed by atoms with Crippen LogP contribution in [-0.2, 0) is 16.1 Å². The van der Waals surface area contributed by atoms with E-state index in [0.717, 1.165) is 13.0 Å². The van der Waals surface area contributed by atoms with Gasteiger partial charge in [0.25, 0.3) is 5.91 Å². The van der Waals surface area contributed by atoms with Crippen LogP contribution < -0.4 is 14.5 Å². The predicted molar refractivity (Wildman–Crippen MR) is 90.5 cm³/mol. The molecule has 0 radical (unpaired) electrons. The number of ether oxygens (including phenoxy) is 1. The zero-order valence-corrected chi connectivity index (χ0v) is 14.0. The molecule has 25 heavy (non-hydrogen) atoms. The van der Waals surface area contributed by atoms with Crippen molar-refractivity contribution in [3.05, 3.63) is 30.6 Å². The minimum Gasteiger partial charge on any atom is -0.479 e. The lowest BCUT2D eigenvalue weighted by molar-refractivity contribution is -0.125. The van der Waals surface area contributed by atoms with Crippen molar-refractivity contribution in [3.8, 4) is 5.75 Å². The van der Waals surface area contributed by atoms with Crippen LogP contribution in [0.3, 0.4) is 0 Å². The maximum Gasteiger partial charge on any atom is 0.267 e. The third-order valence-electron chi connectivity index (χ3n) is 4.51. The average Bonchev–Trinajstić information content (AvgIpc) is 3.10. The van der Waals surface area contributed by atoms with E-state index in [1.165, 1.54) is 6.33 Å². The van der Waals surface area contributed by atoms with Crippen molar-refractivity contribution in [1.29, 1.82) is 0 Å². The minimum atomic E-state index is -0.553. The summed E-state index contributed by atoms with van der Waals surface area (Å²) in [6, 6.07) is 7.39. The number of hydrogen-bond acceptors (Lipinski definition) is 5. The highest BCUT2D eigenvalue weighted by molar-refractivity contribution is 6.01. The highest BCUT2D eigenvalue weighted by Crippen LogP contribution is 2.33. The fourth-order valence-electron chi connectivity index (χ4n) is 3.27. The Labute approximate surface area is 145 Å². The van der Waals surface area contributed by atoms with Crippen LogP contribution >= 0.6 is 0 Å². The van der Waals surface area contributed by atoms with Crippen LogP contribution in [0.5, 0.6) is 5.75 Å². The van der Waals surface area contributed by atoms with Crippen LogP contribution in [0, 0.1) is 0 Å². The Hall–Kier alpha value is -2.90. The normalized spacial score (nSPS) is 19.2. The molecule has 4 rings (SSSR count). The van der Waals surface area contributed by atoms with Gasteiger partial charge in [0.15, 0.2) is 6.10 Å². The van der Waals surface area contributed by atoms with Gasteiger partial charge in [0, 0.05) is 26.1 Å². The van der Waals surface area contributed by atoms with E-state index in [9.17, 15) is 9.59 Å². The molecule has 0 bridgehead atoms. The lowest BCUT2D eigenvalue weighted by Gasteiger charge is -2.33. The van der Waals surface area contributed by atoms with Crippen LogP contribution in [-0.4, -0.2) is 45.8 Å². The van der Waals surface area contributed by atoms with Gasteiger partial charge >= 0.3 is 0 Å². The summed E-state index contributed by atoms with van der Waals surface area (Å²) in [7, 11) is 0. The number of carbonyl (C=O) groups is 2. The van der Waals surface area contributed by atoms with Gasteiger partial charge in [-0.05, 0) is 25.5 Å². The van der Waals surface area contributed by atoms with E-state index in [1.54, 1.807) is 21.4 Å². The summed E-state index contributed by atoms with van der Waals surface area (Å²) in [5.41, 5.74) is 0.709. The minimum absolute atomic E-state index is 0.0571. The van der Waals surface area contributed by atoms with E-state index in [-0.39, 0.29) is 18.2 Å². The Kier molecular flexibility index (Phi) is 3.87. The first kappa shape index (κ1) is 15.6. The maximum absolute atomic E-state index is 12.7. The molecular formula is C17H19N5O3. The topological polar surface area (TPSA) is 80.6 Å². The van der Waals surface area contributed by atoms with Gasteiger partial charge in [-0.25, -0.2) is 4.68 Å². The SMILES string of the molecule is C[C@@H]1Oc2ccccc2N(CCC(=O)N2CCCn3ncnc32)C1=O. The van der Waals surface area contributed by atoms with Crippen LogP contribution in [0.25, 0.3) is 0 Å². The monoisotopic (exact) mass is 341 g/mol. The van der Waals surface area contributed by atoms with Crippen molar-refractivity contribution in [1.82, 2.24) is 14.8 Å². The van der Waals surface area contributed by atoms with Gasteiger partial charge in [0.1, 0.15) is 12.1 Å². The molecule has 1 aromatic heterocycles. The number of benzene rings is 1. The van der Waals surface area contributed by atoms with Gasteiger partial charge in [0.05, 0.1) is 5.69 Å². The quantitative estimate of drug-likeness (QED) is 0.838. The molecule has 2 aromatic rings. The van der Waals surface area contributed by atoms with E-state index < -0.39 is 6.10 Å². The van der Waals surface area contributed by atoms with Crippen molar-refractivity contribution >= 4 is 23.5 Å². The first-order valence-electron chi connectivity index (χ1n) is 8.40. The van der Waals surface area contributed by atoms with Gasteiger partial charge in [-0.15, -0.1) is 0 Å². The summed E-state index contributed by atoms with van der Waals surface area (Å²) in [6.45, 7) is 3.43. The fraction of sp³-hybridized carbons (Fsp3) is 0.412. The van der Waals surface area contributed by atoms with Crippen LogP contribution in [0.15, 0.2) is 30.6 Å². The molecule has 2 aliphatic heterocycles.